The summed E-state index contributed by atoms with van der Waals surface area (Å²) in [4.78, 5) is 11.4. The molecule has 104 valence electrons. The first-order valence-electron chi connectivity index (χ1n) is 5.93. The van der Waals surface area contributed by atoms with Gasteiger partial charge in [-0.2, -0.15) is 0 Å². The van der Waals surface area contributed by atoms with Gasteiger partial charge >= 0.3 is 5.97 Å². The molecule has 0 saturated carbocycles. The number of rotatable bonds is 4. The van der Waals surface area contributed by atoms with E-state index in [4.69, 9.17) is 23.2 Å². The zero-order valence-corrected chi connectivity index (χ0v) is 11.9. The number of phenols is 1. The van der Waals surface area contributed by atoms with Crippen molar-refractivity contribution < 1.29 is 15.0 Å². The Morgan fingerprint density at radius 3 is 2.25 bits per heavy atom. The maximum absolute atomic E-state index is 11.4. The molecule has 0 aliphatic rings. The summed E-state index contributed by atoms with van der Waals surface area (Å²) in [6.07, 6.45) is 0.156. The molecule has 0 saturated heterocycles. The Bertz CT molecular complexity index is 624. The number of carboxylic acid groups (broad SMARTS) is 1. The molecular formula is C15H12Cl2O3. The van der Waals surface area contributed by atoms with Crippen LogP contribution in [-0.2, 0) is 11.2 Å². The predicted molar refractivity (Wildman–Crippen MR) is 78.6 cm³/mol. The minimum absolute atomic E-state index is 0.0367. The molecule has 5 heteroatoms. The Morgan fingerprint density at radius 1 is 1.05 bits per heavy atom. The summed E-state index contributed by atoms with van der Waals surface area (Å²) < 4.78 is 0. The van der Waals surface area contributed by atoms with Gasteiger partial charge in [0.05, 0.1) is 5.92 Å². The lowest BCUT2D eigenvalue weighted by molar-refractivity contribution is -0.138. The van der Waals surface area contributed by atoms with Crippen molar-refractivity contribution in [2.24, 2.45) is 0 Å². The van der Waals surface area contributed by atoms with Gasteiger partial charge in [-0.3, -0.25) is 4.79 Å². The lowest BCUT2D eigenvalue weighted by atomic mass is 9.92. The Kier molecular flexibility index (Phi) is 4.53. The van der Waals surface area contributed by atoms with Crippen LogP contribution in [0.1, 0.15) is 17.0 Å². The number of aromatic hydroxyl groups is 1. The van der Waals surface area contributed by atoms with E-state index in [1.54, 1.807) is 36.4 Å². The molecule has 1 atom stereocenters. The zero-order chi connectivity index (χ0) is 14.7. The van der Waals surface area contributed by atoms with Crippen molar-refractivity contribution in [3.8, 4) is 5.75 Å². The molecular weight excluding hydrogens is 299 g/mol. The molecule has 0 bridgehead atoms. The molecule has 0 aromatic heterocycles. The second-order valence-corrected chi connectivity index (χ2v) is 5.29. The summed E-state index contributed by atoms with van der Waals surface area (Å²) in [6, 6.07) is 11.2. The molecule has 0 aliphatic heterocycles. The van der Waals surface area contributed by atoms with Gasteiger partial charge in [-0.05, 0) is 47.9 Å². The molecule has 2 aromatic rings. The Labute approximate surface area is 126 Å². The van der Waals surface area contributed by atoms with Crippen molar-refractivity contribution in [3.05, 3.63) is 63.6 Å². The number of benzene rings is 2. The number of hydrogen-bond acceptors (Lipinski definition) is 2. The van der Waals surface area contributed by atoms with Gasteiger partial charge in [0.25, 0.3) is 0 Å². The lowest BCUT2D eigenvalue weighted by Crippen LogP contribution is -2.14. The van der Waals surface area contributed by atoms with E-state index in [0.717, 1.165) is 0 Å². The third-order valence-corrected chi connectivity index (χ3v) is 3.52. The van der Waals surface area contributed by atoms with Gasteiger partial charge in [-0.25, -0.2) is 0 Å². The fourth-order valence-corrected chi connectivity index (χ4v) is 2.30. The van der Waals surface area contributed by atoms with Crippen LogP contribution in [0.15, 0.2) is 42.5 Å². The summed E-state index contributed by atoms with van der Waals surface area (Å²) in [7, 11) is 0. The number of carbonyl (C=O) groups is 1. The van der Waals surface area contributed by atoms with Gasteiger partial charge in [-0.15, -0.1) is 0 Å². The number of aliphatic carboxylic acids is 1. The average Bonchev–Trinajstić information content (AvgIpc) is 2.40. The summed E-state index contributed by atoms with van der Waals surface area (Å²) in [5.74, 6) is -1.70. The fraction of sp³-hybridized carbons (Fsp3) is 0.133. The van der Waals surface area contributed by atoms with E-state index in [0.29, 0.717) is 21.2 Å². The van der Waals surface area contributed by atoms with E-state index in [9.17, 15) is 15.0 Å². The molecule has 0 amide bonds. The Balaban J connectivity index is 2.32. The van der Waals surface area contributed by atoms with Gasteiger partial charge < -0.3 is 10.2 Å². The largest absolute Gasteiger partial charge is 0.508 e. The second-order valence-electron chi connectivity index (χ2n) is 4.42. The van der Waals surface area contributed by atoms with Crippen LogP contribution in [0.25, 0.3) is 0 Å². The molecule has 2 rings (SSSR count). The van der Waals surface area contributed by atoms with Gasteiger partial charge in [0.1, 0.15) is 5.75 Å². The first-order chi connectivity index (χ1) is 9.47. The third kappa shape index (κ3) is 3.44. The smallest absolute Gasteiger partial charge is 0.311 e. The van der Waals surface area contributed by atoms with E-state index in [1.807, 2.05) is 0 Å². The highest BCUT2D eigenvalue weighted by Gasteiger charge is 2.21. The SMILES string of the molecule is O=C(O)C(Cc1cc(Cl)ccc1O)c1ccc(Cl)cc1. The van der Waals surface area contributed by atoms with Crippen molar-refractivity contribution in [3.63, 3.8) is 0 Å². The third-order valence-electron chi connectivity index (χ3n) is 3.04. The maximum atomic E-state index is 11.4. The first-order valence-corrected chi connectivity index (χ1v) is 6.68. The summed E-state index contributed by atoms with van der Waals surface area (Å²) in [6.45, 7) is 0. The molecule has 2 aromatic carbocycles. The highest BCUT2D eigenvalue weighted by Crippen LogP contribution is 2.29. The highest BCUT2D eigenvalue weighted by molar-refractivity contribution is 6.30. The minimum Gasteiger partial charge on any atom is -0.508 e. The molecule has 3 nitrogen and oxygen atoms in total. The molecule has 0 spiro atoms. The Hall–Kier alpha value is -1.71. The van der Waals surface area contributed by atoms with E-state index < -0.39 is 11.9 Å². The predicted octanol–water partition coefficient (Wildman–Crippen LogP) is 4.11. The maximum Gasteiger partial charge on any atom is 0.311 e. The van der Waals surface area contributed by atoms with Crippen molar-refractivity contribution in [1.29, 1.82) is 0 Å². The van der Waals surface area contributed by atoms with E-state index >= 15 is 0 Å². The summed E-state index contributed by atoms with van der Waals surface area (Å²) in [5, 5.41) is 20.2. The monoisotopic (exact) mass is 310 g/mol. The lowest BCUT2D eigenvalue weighted by Gasteiger charge is -2.14. The van der Waals surface area contributed by atoms with Crippen LogP contribution in [0.4, 0.5) is 0 Å². The normalized spacial score (nSPS) is 12.1. The standard InChI is InChI=1S/C15H12Cl2O3/c16-11-3-1-9(2-4-11)13(15(19)20)8-10-7-12(17)5-6-14(10)18/h1-7,13,18H,8H2,(H,19,20). The van der Waals surface area contributed by atoms with Crippen molar-refractivity contribution in [2.45, 2.75) is 12.3 Å². The highest BCUT2D eigenvalue weighted by atomic mass is 35.5. The molecule has 0 heterocycles. The topological polar surface area (TPSA) is 57.5 Å². The van der Waals surface area contributed by atoms with Crippen LogP contribution in [0.5, 0.6) is 5.75 Å². The van der Waals surface area contributed by atoms with Crippen molar-refractivity contribution >= 4 is 29.2 Å². The van der Waals surface area contributed by atoms with Crippen LogP contribution >= 0.6 is 23.2 Å². The first kappa shape index (κ1) is 14.7. The van der Waals surface area contributed by atoms with Gasteiger partial charge in [0, 0.05) is 10.0 Å². The molecule has 0 radical (unpaired) electrons. The number of halogens is 2. The number of hydrogen-bond donors (Lipinski definition) is 2. The van der Waals surface area contributed by atoms with Crippen LogP contribution in [0.2, 0.25) is 10.0 Å². The van der Waals surface area contributed by atoms with Crippen molar-refractivity contribution in [1.82, 2.24) is 0 Å². The van der Waals surface area contributed by atoms with Gasteiger partial charge in [-0.1, -0.05) is 35.3 Å². The summed E-state index contributed by atoms with van der Waals surface area (Å²) >= 11 is 11.7. The minimum atomic E-state index is -0.966. The van der Waals surface area contributed by atoms with Crippen LogP contribution in [0, 0.1) is 0 Å². The second kappa shape index (κ2) is 6.16. The van der Waals surface area contributed by atoms with Gasteiger partial charge in [0.15, 0.2) is 0 Å². The van der Waals surface area contributed by atoms with Gasteiger partial charge in [0.2, 0.25) is 0 Å². The molecule has 0 fully saturated rings. The molecule has 0 aliphatic carbocycles. The number of carboxylic acids is 1. The fourth-order valence-electron chi connectivity index (χ4n) is 1.98. The van der Waals surface area contributed by atoms with Crippen LogP contribution in [-0.4, -0.2) is 16.2 Å². The van der Waals surface area contributed by atoms with Crippen LogP contribution < -0.4 is 0 Å². The average molecular weight is 311 g/mol. The van der Waals surface area contributed by atoms with E-state index in [2.05, 4.69) is 0 Å². The van der Waals surface area contributed by atoms with E-state index in [-0.39, 0.29) is 12.2 Å². The number of phenolic OH excluding ortho intramolecular Hbond substituents is 1. The molecule has 1 unspecified atom stereocenters. The van der Waals surface area contributed by atoms with E-state index in [1.165, 1.54) is 6.07 Å². The van der Waals surface area contributed by atoms with Crippen molar-refractivity contribution in [2.75, 3.05) is 0 Å². The molecule has 2 N–H and O–H groups in total. The van der Waals surface area contributed by atoms with Crippen LogP contribution in [0.3, 0.4) is 0 Å². The zero-order valence-electron chi connectivity index (χ0n) is 10.4. The molecule has 20 heavy (non-hydrogen) atoms. The summed E-state index contributed by atoms with van der Waals surface area (Å²) in [5.41, 5.74) is 1.13. The Morgan fingerprint density at radius 2 is 1.65 bits per heavy atom. The quantitative estimate of drug-likeness (QED) is 0.893.